The van der Waals surface area contributed by atoms with Crippen molar-refractivity contribution in [3.05, 3.63) is 29.8 Å². The zero-order valence-electron chi connectivity index (χ0n) is 10.9. The Morgan fingerprint density at radius 2 is 2.32 bits per heavy atom. The second kappa shape index (κ2) is 6.33. The minimum atomic E-state index is -0.377. The molecule has 2 rings (SSSR count). The van der Waals surface area contributed by atoms with Crippen molar-refractivity contribution < 1.29 is 14.3 Å². The molecule has 0 aliphatic carbocycles. The summed E-state index contributed by atoms with van der Waals surface area (Å²) in [4.78, 5) is 23.5. The van der Waals surface area contributed by atoms with Crippen molar-refractivity contribution in [1.29, 1.82) is 0 Å². The number of carbonyl (C=O) groups is 2. The van der Waals surface area contributed by atoms with E-state index < -0.39 is 0 Å². The van der Waals surface area contributed by atoms with Crippen LogP contribution in [0.1, 0.15) is 30.1 Å². The van der Waals surface area contributed by atoms with Crippen LogP contribution >= 0.6 is 0 Å². The Balaban J connectivity index is 2.02. The third-order valence-electron chi connectivity index (χ3n) is 3.02. The van der Waals surface area contributed by atoms with Gasteiger partial charge in [0.25, 0.3) is 0 Å². The van der Waals surface area contributed by atoms with E-state index in [-0.39, 0.29) is 17.9 Å². The topological polar surface area (TPSA) is 67.4 Å². The molecule has 1 aliphatic heterocycles. The van der Waals surface area contributed by atoms with Crippen LogP contribution in [0, 0.1) is 0 Å². The first-order valence-corrected chi connectivity index (χ1v) is 6.52. The first-order valence-electron chi connectivity index (χ1n) is 6.52. The number of nitrogens with one attached hydrogen (secondary N) is 2. The minimum absolute atomic E-state index is 0.0569. The van der Waals surface area contributed by atoms with Gasteiger partial charge in [0, 0.05) is 5.69 Å². The molecule has 1 heterocycles. The average molecular weight is 262 g/mol. The average Bonchev–Trinajstić information content (AvgIpc) is 2.93. The van der Waals surface area contributed by atoms with Crippen LogP contribution in [0.3, 0.4) is 0 Å². The molecule has 1 fully saturated rings. The van der Waals surface area contributed by atoms with E-state index in [0.29, 0.717) is 17.9 Å². The van der Waals surface area contributed by atoms with Crippen LogP contribution in [0.2, 0.25) is 0 Å². The number of ether oxygens (including phenoxy) is 1. The minimum Gasteiger partial charge on any atom is -0.462 e. The van der Waals surface area contributed by atoms with Gasteiger partial charge in [-0.05, 0) is 44.5 Å². The predicted molar refractivity (Wildman–Crippen MR) is 72.1 cm³/mol. The molecule has 5 nitrogen and oxygen atoms in total. The van der Waals surface area contributed by atoms with Gasteiger partial charge in [0.1, 0.15) is 0 Å². The van der Waals surface area contributed by atoms with Gasteiger partial charge in [0.05, 0.1) is 18.2 Å². The maximum absolute atomic E-state index is 11.9. The van der Waals surface area contributed by atoms with Crippen LogP contribution in [0.15, 0.2) is 24.3 Å². The summed E-state index contributed by atoms with van der Waals surface area (Å²) in [5, 5.41) is 5.94. The Morgan fingerprint density at radius 3 is 3.00 bits per heavy atom. The number of esters is 1. The second-order valence-electron chi connectivity index (χ2n) is 4.44. The van der Waals surface area contributed by atoms with Crippen LogP contribution in [0.5, 0.6) is 0 Å². The number of anilines is 1. The predicted octanol–water partition coefficient (Wildman–Crippen LogP) is 1.55. The summed E-state index contributed by atoms with van der Waals surface area (Å²) in [5.74, 6) is -0.434. The van der Waals surface area contributed by atoms with Gasteiger partial charge >= 0.3 is 5.97 Å². The van der Waals surface area contributed by atoms with E-state index in [4.69, 9.17) is 4.74 Å². The first-order chi connectivity index (χ1) is 9.20. The highest BCUT2D eigenvalue weighted by Gasteiger charge is 2.22. The summed E-state index contributed by atoms with van der Waals surface area (Å²) in [5.41, 5.74) is 1.06. The van der Waals surface area contributed by atoms with Gasteiger partial charge in [0.15, 0.2) is 0 Å². The lowest BCUT2D eigenvalue weighted by molar-refractivity contribution is -0.117. The van der Waals surface area contributed by atoms with Gasteiger partial charge < -0.3 is 15.4 Å². The lowest BCUT2D eigenvalue weighted by atomic mass is 10.2. The van der Waals surface area contributed by atoms with Crippen LogP contribution in [-0.4, -0.2) is 31.1 Å². The maximum atomic E-state index is 11.9. The molecule has 0 spiro atoms. The summed E-state index contributed by atoms with van der Waals surface area (Å²) in [6.07, 6.45) is 1.87. The normalized spacial score (nSPS) is 18.1. The van der Waals surface area contributed by atoms with E-state index in [1.54, 1.807) is 31.2 Å². The number of rotatable bonds is 4. The summed E-state index contributed by atoms with van der Waals surface area (Å²) in [6, 6.07) is 6.65. The largest absolute Gasteiger partial charge is 0.462 e. The highest BCUT2D eigenvalue weighted by molar-refractivity contribution is 5.97. The summed E-state index contributed by atoms with van der Waals surface area (Å²) < 4.78 is 4.92. The summed E-state index contributed by atoms with van der Waals surface area (Å²) in [7, 11) is 0. The highest BCUT2D eigenvalue weighted by atomic mass is 16.5. The molecule has 0 saturated carbocycles. The van der Waals surface area contributed by atoms with E-state index in [1.807, 2.05) is 0 Å². The molecular formula is C14H18N2O3. The molecule has 1 aliphatic rings. The molecule has 1 saturated heterocycles. The number of amides is 1. The van der Waals surface area contributed by atoms with Crippen molar-refractivity contribution in [2.75, 3.05) is 18.5 Å². The van der Waals surface area contributed by atoms with Crippen molar-refractivity contribution in [3.8, 4) is 0 Å². The van der Waals surface area contributed by atoms with Crippen LogP contribution in [0.25, 0.3) is 0 Å². The first kappa shape index (κ1) is 13.5. The number of carbonyl (C=O) groups excluding carboxylic acids is 2. The molecule has 19 heavy (non-hydrogen) atoms. The van der Waals surface area contributed by atoms with E-state index in [0.717, 1.165) is 19.4 Å². The van der Waals surface area contributed by atoms with Crippen molar-refractivity contribution in [1.82, 2.24) is 5.32 Å². The van der Waals surface area contributed by atoms with Crippen molar-refractivity contribution >= 4 is 17.6 Å². The van der Waals surface area contributed by atoms with Gasteiger partial charge in [-0.25, -0.2) is 4.79 Å². The number of hydrogen-bond acceptors (Lipinski definition) is 4. The lowest BCUT2D eigenvalue weighted by Crippen LogP contribution is -2.35. The summed E-state index contributed by atoms with van der Waals surface area (Å²) in [6.45, 7) is 2.97. The third kappa shape index (κ3) is 3.54. The SMILES string of the molecule is CCOC(=O)c1cccc(NC(=O)C2CCCN2)c1. The fourth-order valence-electron chi connectivity index (χ4n) is 2.08. The number of hydrogen-bond donors (Lipinski definition) is 2. The quantitative estimate of drug-likeness (QED) is 0.808. The maximum Gasteiger partial charge on any atom is 0.338 e. The van der Waals surface area contributed by atoms with Gasteiger partial charge in [0.2, 0.25) is 5.91 Å². The Labute approximate surface area is 112 Å². The molecule has 1 amide bonds. The lowest BCUT2D eigenvalue weighted by Gasteiger charge is -2.11. The fourth-order valence-corrected chi connectivity index (χ4v) is 2.08. The smallest absolute Gasteiger partial charge is 0.338 e. The van der Waals surface area contributed by atoms with E-state index in [9.17, 15) is 9.59 Å². The van der Waals surface area contributed by atoms with Crippen LogP contribution < -0.4 is 10.6 Å². The Morgan fingerprint density at radius 1 is 1.47 bits per heavy atom. The van der Waals surface area contributed by atoms with Gasteiger partial charge in [-0.15, -0.1) is 0 Å². The third-order valence-corrected chi connectivity index (χ3v) is 3.02. The molecule has 0 bridgehead atoms. The fraction of sp³-hybridized carbons (Fsp3) is 0.429. The zero-order valence-corrected chi connectivity index (χ0v) is 10.9. The highest BCUT2D eigenvalue weighted by Crippen LogP contribution is 2.14. The molecule has 1 aromatic rings. The molecular weight excluding hydrogens is 244 g/mol. The van der Waals surface area contributed by atoms with Gasteiger partial charge in [-0.1, -0.05) is 6.07 Å². The number of benzene rings is 1. The van der Waals surface area contributed by atoms with E-state index >= 15 is 0 Å². The molecule has 1 unspecified atom stereocenters. The monoisotopic (exact) mass is 262 g/mol. The Kier molecular flexibility index (Phi) is 4.52. The molecule has 102 valence electrons. The van der Waals surface area contributed by atoms with Gasteiger partial charge in [-0.3, -0.25) is 4.79 Å². The van der Waals surface area contributed by atoms with Crippen molar-refractivity contribution in [2.45, 2.75) is 25.8 Å². The molecule has 2 N–H and O–H groups in total. The van der Waals surface area contributed by atoms with Crippen molar-refractivity contribution in [3.63, 3.8) is 0 Å². The van der Waals surface area contributed by atoms with Crippen LogP contribution in [0.4, 0.5) is 5.69 Å². The molecule has 5 heteroatoms. The van der Waals surface area contributed by atoms with Gasteiger partial charge in [-0.2, -0.15) is 0 Å². The summed E-state index contributed by atoms with van der Waals surface area (Å²) >= 11 is 0. The molecule has 1 atom stereocenters. The van der Waals surface area contributed by atoms with E-state index in [2.05, 4.69) is 10.6 Å². The Bertz CT molecular complexity index is 468. The second-order valence-corrected chi connectivity index (χ2v) is 4.44. The zero-order chi connectivity index (χ0) is 13.7. The van der Waals surface area contributed by atoms with Crippen LogP contribution in [-0.2, 0) is 9.53 Å². The molecule has 0 radical (unpaired) electrons. The Hall–Kier alpha value is -1.88. The molecule has 1 aromatic carbocycles. The standard InChI is InChI=1S/C14H18N2O3/c1-2-19-14(18)10-5-3-6-11(9-10)16-13(17)12-7-4-8-15-12/h3,5-6,9,12,15H,2,4,7-8H2,1H3,(H,16,17). The molecule has 0 aromatic heterocycles. The van der Waals surface area contributed by atoms with E-state index in [1.165, 1.54) is 0 Å². The van der Waals surface area contributed by atoms with Crippen molar-refractivity contribution in [2.24, 2.45) is 0 Å².